The summed E-state index contributed by atoms with van der Waals surface area (Å²) in [6.07, 6.45) is 1.24. The predicted molar refractivity (Wildman–Crippen MR) is 79.6 cm³/mol. The van der Waals surface area contributed by atoms with Gasteiger partial charge in [0.05, 0.1) is 7.11 Å². The van der Waals surface area contributed by atoms with Crippen LogP contribution in [0.15, 0.2) is 28.6 Å². The number of aromatic nitrogens is 1. The van der Waals surface area contributed by atoms with Gasteiger partial charge in [0.1, 0.15) is 11.6 Å². The van der Waals surface area contributed by atoms with Crippen LogP contribution in [0, 0.1) is 25.2 Å². The second-order valence-electron chi connectivity index (χ2n) is 4.74. The van der Waals surface area contributed by atoms with Crippen molar-refractivity contribution in [2.24, 2.45) is 0 Å². The second kappa shape index (κ2) is 5.63. The zero-order valence-electron chi connectivity index (χ0n) is 12.0. The Kier molecular flexibility index (Phi) is 3.90. The Balaban J connectivity index is 2.66. The molecular formula is C16H14N2O3. The number of hydrogen-bond donors (Lipinski definition) is 1. The fourth-order valence-corrected chi connectivity index (χ4v) is 2.00. The van der Waals surface area contributed by atoms with Gasteiger partial charge in [0.2, 0.25) is 0 Å². The molecule has 0 aliphatic rings. The number of rotatable bonds is 2. The number of hydrogen-bond acceptors (Lipinski definition) is 4. The minimum atomic E-state index is -0.767. The van der Waals surface area contributed by atoms with E-state index in [1.165, 1.54) is 13.2 Å². The maximum absolute atomic E-state index is 12.0. The molecule has 0 spiro atoms. The lowest BCUT2D eigenvalue weighted by atomic mass is 10.0. The van der Waals surface area contributed by atoms with E-state index in [1.54, 1.807) is 12.1 Å². The molecule has 21 heavy (non-hydrogen) atoms. The summed E-state index contributed by atoms with van der Waals surface area (Å²) in [5.41, 5.74) is 2.56. The Bertz CT molecular complexity index is 854. The first kappa shape index (κ1) is 14.5. The summed E-state index contributed by atoms with van der Waals surface area (Å²) in [7, 11) is 1.18. The van der Waals surface area contributed by atoms with E-state index in [9.17, 15) is 9.59 Å². The molecule has 106 valence electrons. The summed E-state index contributed by atoms with van der Waals surface area (Å²) in [6.45, 7) is 3.94. The molecule has 0 bridgehead atoms. The van der Waals surface area contributed by atoms with E-state index in [1.807, 2.05) is 26.0 Å². The molecule has 0 amide bonds. The Labute approximate surface area is 121 Å². The average Bonchev–Trinajstić information content (AvgIpc) is 2.46. The highest BCUT2D eigenvalue weighted by molar-refractivity contribution is 5.98. The third-order valence-corrected chi connectivity index (χ3v) is 3.31. The van der Waals surface area contributed by atoms with Gasteiger partial charge in [-0.1, -0.05) is 0 Å². The molecule has 5 nitrogen and oxygen atoms in total. The number of nitriles is 1. The Morgan fingerprint density at radius 3 is 2.57 bits per heavy atom. The van der Waals surface area contributed by atoms with Crippen LogP contribution in [0.1, 0.15) is 16.7 Å². The van der Waals surface area contributed by atoms with Crippen molar-refractivity contribution in [2.75, 3.05) is 7.11 Å². The van der Waals surface area contributed by atoms with E-state index in [4.69, 9.17) is 5.26 Å². The van der Waals surface area contributed by atoms with Gasteiger partial charge in [-0.25, -0.2) is 4.79 Å². The number of ether oxygens (including phenoxy) is 1. The summed E-state index contributed by atoms with van der Waals surface area (Å²) >= 11 is 0. The van der Waals surface area contributed by atoms with Crippen molar-refractivity contribution in [3.8, 4) is 6.07 Å². The number of fused-ring (bicyclic) bond motifs is 1. The Morgan fingerprint density at radius 1 is 1.29 bits per heavy atom. The molecule has 0 aliphatic heterocycles. The van der Waals surface area contributed by atoms with Gasteiger partial charge >= 0.3 is 5.97 Å². The van der Waals surface area contributed by atoms with Crippen molar-refractivity contribution in [2.45, 2.75) is 13.8 Å². The zero-order chi connectivity index (χ0) is 15.6. The van der Waals surface area contributed by atoms with Gasteiger partial charge in [0.25, 0.3) is 5.56 Å². The molecule has 5 heteroatoms. The predicted octanol–water partition coefficient (Wildman–Crippen LogP) is 2.22. The highest BCUT2D eigenvalue weighted by Gasteiger charge is 2.10. The van der Waals surface area contributed by atoms with Gasteiger partial charge in [-0.2, -0.15) is 5.26 Å². The molecule has 2 aromatic rings. The lowest BCUT2D eigenvalue weighted by molar-refractivity contribution is -0.135. The first-order valence-electron chi connectivity index (χ1n) is 6.30. The van der Waals surface area contributed by atoms with E-state index in [0.717, 1.165) is 22.0 Å². The van der Waals surface area contributed by atoms with Crippen molar-refractivity contribution >= 4 is 22.9 Å². The van der Waals surface area contributed by atoms with Gasteiger partial charge in [-0.05, 0) is 54.6 Å². The summed E-state index contributed by atoms with van der Waals surface area (Å²) in [6, 6.07) is 7.22. The highest BCUT2D eigenvalue weighted by Crippen LogP contribution is 2.18. The zero-order valence-corrected chi connectivity index (χ0v) is 12.0. The molecule has 0 radical (unpaired) electrons. The smallest absolute Gasteiger partial charge is 0.348 e. The largest absolute Gasteiger partial charge is 0.465 e. The van der Waals surface area contributed by atoms with Gasteiger partial charge in [0.15, 0.2) is 0 Å². The lowest BCUT2D eigenvalue weighted by Gasteiger charge is -2.05. The minimum absolute atomic E-state index is 0.216. The topological polar surface area (TPSA) is 82.9 Å². The van der Waals surface area contributed by atoms with Crippen LogP contribution >= 0.6 is 0 Å². The number of carbonyl (C=O) groups is 1. The summed E-state index contributed by atoms with van der Waals surface area (Å²) in [5, 5.41) is 9.78. The van der Waals surface area contributed by atoms with Crippen LogP contribution in [0.25, 0.3) is 17.0 Å². The molecule has 1 N–H and O–H groups in total. The molecule has 0 aliphatic carbocycles. The minimum Gasteiger partial charge on any atom is -0.465 e. The highest BCUT2D eigenvalue weighted by atomic mass is 16.5. The van der Waals surface area contributed by atoms with Gasteiger partial charge in [-0.3, -0.25) is 4.79 Å². The number of esters is 1. The number of benzene rings is 1. The van der Waals surface area contributed by atoms with Crippen molar-refractivity contribution in [1.82, 2.24) is 4.98 Å². The van der Waals surface area contributed by atoms with Crippen molar-refractivity contribution in [3.63, 3.8) is 0 Å². The number of aryl methyl sites for hydroxylation is 2. The van der Waals surface area contributed by atoms with Crippen molar-refractivity contribution in [3.05, 3.63) is 50.8 Å². The first-order chi connectivity index (χ1) is 9.96. The number of nitrogens with one attached hydrogen (secondary N) is 1. The monoisotopic (exact) mass is 282 g/mol. The standard InChI is InChI=1S/C16H14N2O3/c1-9-4-11-6-12(7-13(8-17)16(20)21-3)15(19)18-14(11)5-10(9)2/h4-7H,1-3H3,(H,18,19). The molecule has 0 unspecified atom stereocenters. The lowest BCUT2D eigenvalue weighted by Crippen LogP contribution is -2.11. The first-order valence-corrected chi connectivity index (χ1v) is 6.30. The number of methoxy groups -OCH3 is 1. The second-order valence-corrected chi connectivity index (χ2v) is 4.74. The third-order valence-electron chi connectivity index (χ3n) is 3.31. The number of carbonyl (C=O) groups excluding carboxylic acids is 1. The molecule has 1 aromatic carbocycles. The van der Waals surface area contributed by atoms with Crippen molar-refractivity contribution < 1.29 is 9.53 Å². The molecule has 1 heterocycles. The Morgan fingerprint density at radius 2 is 1.95 bits per heavy atom. The average molecular weight is 282 g/mol. The van der Waals surface area contributed by atoms with Crippen LogP contribution in [-0.4, -0.2) is 18.1 Å². The van der Waals surface area contributed by atoms with Crippen LogP contribution in [0.3, 0.4) is 0 Å². The maximum atomic E-state index is 12.0. The molecular weight excluding hydrogens is 268 g/mol. The molecule has 0 fully saturated rings. The van der Waals surface area contributed by atoms with Crippen molar-refractivity contribution in [1.29, 1.82) is 5.26 Å². The number of H-pyrrole nitrogens is 1. The van der Waals surface area contributed by atoms with E-state index in [2.05, 4.69) is 9.72 Å². The van der Waals surface area contributed by atoms with E-state index < -0.39 is 5.97 Å². The molecule has 0 saturated heterocycles. The molecule has 2 rings (SSSR count). The summed E-state index contributed by atoms with van der Waals surface area (Å²) < 4.78 is 4.50. The summed E-state index contributed by atoms with van der Waals surface area (Å²) in [5.74, 6) is -0.767. The van der Waals surface area contributed by atoms with E-state index in [-0.39, 0.29) is 16.7 Å². The number of nitrogens with zero attached hydrogens (tertiary/aromatic N) is 1. The summed E-state index contributed by atoms with van der Waals surface area (Å²) in [4.78, 5) is 26.2. The van der Waals surface area contributed by atoms with Crippen LogP contribution in [0.5, 0.6) is 0 Å². The SMILES string of the molecule is COC(=O)C(C#N)=Cc1cc2cc(C)c(C)cc2[nH]c1=O. The van der Waals surface area contributed by atoms with E-state index >= 15 is 0 Å². The quantitative estimate of drug-likeness (QED) is 0.520. The molecule has 0 atom stereocenters. The van der Waals surface area contributed by atoms with Crippen LogP contribution in [0.2, 0.25) is 0 Å². The van der Waals surface area contributed by atoms with Gasteiger partial charge < -0.3 is 9.72 Å². The van der Waals surface area contributed by atoms with Crippen LogP contribution in [-0.2, 0) is 9.53 Å². The van der Waals surface area contributed by atoms with Gasteiger partial charge in [-0.15, -0.1) is 0 Å². The normalized spacial score (nSPS) is 11.2. The maximum Gasteiger partial charge on any atom is 0.348 e. The third kappa shape index (κ3) is 2.84. The fourth-order valence-electron chi connectivity index (χ4n) is 2.00. The van der Waals surface area contributed by atoms with Crippen LogP contribution < -0.4 is 5.56 Å². The molecule has 0 saturated carbocycles. The molecule has 1 aromatic heterocycles. The Hall–Kier alpha value is -2.87. The fraction of sp³-hybridized carbons (Fsp3) is 0.188. The van der Waals surface area contributed by atoms with Gasteiger partial charge in [0, 0.05) is 11.1 Å². The van der Waals surface area contributed by atoms with E-state index in [0.29, 0.717) is 0 Å². The number of pyridine rings is 1. The van der Waals surface area contributed by atoms with Crippen LogP contribution in [0.4, 0.5) is 0 Å². The number of aromatic amines is 1.